The molecular weight excluding hydrogens is 432 g/mol. The van der Waals surface area contributed by atoms with Gasteiger partial charge in [0.25, 0.3) is 5.69 Å². The van der Waals surface area contributed by atoms with Crippen LogP contribution in [0.15, 0.2) is 41.3 Å². The minimum atomic E-state index is -3.55. The molecule has 170 valence electrons. The summed E-state index contributed by atoms with van der Waals surface area (Å²) < 4.78 is 35.4. The van der Waals surface area contributed by atoms with Crippen molar-refractivity contribution in [2.75, 3.05) is 13.1 Å². The number of imidazole rings is 1. The summed E-state index contributed by atoms with van der Waals surface area (Å²) in [4.78, 5) is 15.6. The van der Waals surface area contributed by atoms with Crippen molar-refractivity contribution < 1.29 is 18.1 Å². The zero-order valence-corrected chi connectivity index (χ0v) is 19.0. The van der Waals surface area contributed by atoms with E-state index in [0.717, 1.165) is 24.8 Å². The van der Waals surface area contributed by atoms with Crippen LogP contribution in [0.5, 0.6) is 5.75 Å². The SMILES string of the molecule is CCn1c(COc2cccc([N+](=O)[O-])c2C)nc2cc(S(=O)(=O)N3CCCCC3)ccc21. The van der Waals surface area contributed by atoms with Gasteiger partial charge in [0.2, 0.25) is 10.0 Å². The number of nitrogens with zero attached hydrogens (tertiary/aromatic N) is 4. The third kappa shape index (κ3) is 4.07. The summed E-state index contributed by atoms with van der Waals surface area (Å²) >= 11 is 0. The molecule has 0 N–H and O–H groups in total. The fraction of sp³-hybridized carbons (Fsp3) is 0.409. The Labute approximate surface area is 186 Å². The maximum atomic E-state index is 13.0. The number of aromatic nitrogens is 2. The van der Waals surface area contributed by atoms with Gasteiger partial charge in [-0.15, -0.1) is 0 Å². The molecule has 0 amide bonds. The van der Waals surface area contributed by atoms with Crippen molar-refractivity contribution in [2.45, 2.75) is 51.2 Å². The van der Waals surface area contributed by atoms with E-state index >= 15 is 0 Å². The summed E-state index contributed by atoms with van der Waals surface area (Å²) in [7, 11) is -3.55. The van der Waals surface area contributed by atoms with Crippen LogP contribution >= 0.6 is 0 Å². The number of hydrogen-bond donors (Lipinski definition) is 0. The van der Waals surface area contributed by atoms with Gasteiger partial charge in [-0.1, -0.05) is 12.5 Å². The van der Waals surface area contributed by atoms with E-state index in [-0.39, 0.29) is 17.2 Å². The summed E-state index contributed by atoms with van der Waals surface area (Å²) in [6, 6.07) is 9.74. The fourth-order valence-electron chi connectivity index (χ4n) is 4.14. The largest absolute Gasteiger partial charge is 0.485 e. The molecule has 9 nitrogen and oxygen atoms in total. The maximum Gasteiger partial charge on any atom is 0.276 e. The molecule has 0 aliphatic carbocycles. The molecule has 1 fully saturated rings. The molecule has 0 bridgehead atoms. The first-order valence-electron chi connectivity index (χ1n) is 10.7. The molecule has 3 aromatic rings. The molecule has 1 aliphatic heterocycles. The van der Waals surface area contributed by atoms with Crippen molar-refractivity contribution in [1.29, 1.82) is 0 Å². The molecule has 10 heteroatoms. The van der Waals surface area contributed by atoms with Crippen LogP contribution < -0.4 is 4.74 Å². The highest BCUT2D eigenvalue weighted by molar-refractivity contribution is 7.89. The molecule has 0 saturated carbocycles. The molecule has 2 heterocycles. The lowest BCUT2D eigenvalue weighted by atomic mass is 10.2. The number of nitro groups is 1. The van der Waals surface area contributed by atoms with Gasteiger partial charge in [0.05, 0.1) is 26.4 Å². The van der Waals surface area contributed by atoms with Crippen LogP contribution in [0.25, 0.3) is 11.0 Å². The Kier molecular flexibility index (Phi) is 6.16. The number of benzene rings is 2. The first-order valence-corrected chi connectivity index (χ1v) is 12.1. The topological polar surface area (TPSA) is 108 Å². The average Bonchev–Trinajstić information content (AvgIpc) is 3.15. The van der Waals surface area contributed by atoms with E-state index in [9.17, 15) is 18.5 Å². The second-order valence-corrected chi connectivity index (χ2v) is 9.77. The molecule has 1 saturated heterocycles. The second kappa shape index (κ2) is 8.87. The highest BCUT2D eigenvalue weighted by atomic mass is 32.2. The number of ether oxygens (including phenoxy) is 1. The molecule has 1 aliphatic rings. The Bertz CT molecular complexity index is 1260. The quantitative estimate of drug-likeness (QED) is 0.391. The van der Waals surface area contributed by atoms with Crippen molar-refractivity contribution >= 4 is 26.7 Å². The van der Waals surface area contributed by atoms with Crippen LogP contribution in [0, 0.1) is 17.0 Å². The molecule has 1 aromatic heterocycles. The standard InChI is InChI=1S/C22H26N4O5S/c1-3-25-20-11-10-17(32(29,30)24-12-5-4-6-13-24)14-18(20)23-22(25)15-31-21-9-7-8-19(16(21)2)26(27)28/h7-11,14H,3-6,12-13,15H2,1-2H3. The molecule has 2 aromatic carbocycles. The van der Waals surface area contributed by atoms with Crippen LogP contribution in [0.2, 0.25) is 0 Å². The zero-order valence-electron chi connectivity index (χ0n) is 18.2. The van der Waals surface area contributed by atoms with Gasteiger partial charge in [0.15, 0.2) is 0 Å². The van der Waals surface area contributed by atoms with Crippen LogP contribution in [-0.4, -0.2) is 40.3 Å². The number of aryl methyl sites for hydroxylation is 1. The Balaban J connectivity index is 1.63. The Morgan fingerprint density at radius 3 is 2.59 bits per heavy atom. The molecular formula is C22H26N4O5S. The monoisotopic (exact) mass is 458 g/mol. The normalized spacial score (nSPS) is 15.2. The first kappa shape index (κ1) is 22.2. The number of nitro benzene ring substituents is 1. The van der Waals surface area contributed by atoms with Crippen molar-refractivity contribution in [2.24, 2.45) is 0 Å². The minimum Gasteiger partial charge on any atom is -0.485 e. The predicted octanol–water partition coefficient (Wildman–Crippen LogP) is 4.03. The summed E-state index contributed by atoms with van der Waals surface area (Å²) in [6.45, 7) is 5.45. The van der Waals surface area contributed by atoms with Crippen LogP contribution in [0.4, 0.5) is 5.69 Å². The Hall–Kier alpha value is -2.98. The van der Waals surface area contributed by atoms with Crippen LogP contribution in [0.1, 0.15) is 37.6 Å². The number of piperidine rings is 1. The molecule has 4 rings (SSSR count). The molecule has 0 spiro atoms. The summed E-state index contributed by atoms with van der Waals surface area (Å²) in [5.41, 5.74) is 1.85. The average molecular weight is 459 g/mol. The van der Waals surface area contributed by atoms with E-state index in [1.165, 1.54) is 6.07 Å². The van der Waals surface area contributed by atoms with Crippen molar-refractivity contribution in [3.05, 3.63) is 57.9 Å². The lowest BCUT2D eigenvalue weighted by Gasteiger charge is -2.25. The van der Waals surface area contributed by atoms with E-state index in [0.29, 0.717) is 42.3 Å². The second-order valence-electron chi connectivity index (χ2n) is 7.83. The van der Waals surface area contributed by atoms with E-state index in [4.69, 9.17) is 4.74 Å². The van der Waals surface area contributed by atoms with Crippen LogP contribution in [-0.2, 0) is 23.2 Å². The van der Waals surface area contributed by atoms with E-state index in [1.807, 2.05) is 11.5 Å². The Morgan fingerprint density at radius 2 is 1.91 bits per heavy atom. The molecule has 0 atom stereocenters. The maximum absolute atomic E-state index is 13.0. The highest BCUT2D eigenvalue weighted by Crippen LogP contribution is 2.29. The first-order chi connectivity index (χ1) is 15.3. The van der Waals surface area contributed by atoms with Crippen molar-refractivity contribution in [3.8, 4) is 5.75 Å². The smallest absolute Gasteiger partial charge is 0.276 e. The number of fused-ring (bicyclic) bond motifs is 1. The van der Waals surface area contributed by atoms with Crippen LogP contribution in [0.3, 0.4) is 0 Å². The third-order valence-electron chi connectivity index (χ3n) is 5.88. The summed E-state index contributed by atoms with van der Waals surface area (Å²) in [5, 5.41) is 11.2. The van der Waals surface area contributed by atoms with Gasteiger partial charge in [-0.2, -0.15) is 4.31 Å². The van der Waals surface area contributed by atoms with Gasteiger partial charge in [-0.05, 0) is 51.0 Å². The van der Waals surface area contributed by atoms with E-state index in [2.05, 4.69) is 4.98 Å². The van der Waals surface area contributed by atoms with Gasteiger partial charge in [-0.3, -0.25) is 10.1 Å². The lowest BCUT2D eigenvalue weighted by molar-refractivity contribution is -0.385. The minimum absolute atomic E-state index is 0.000874. The van der Waals surface area contributed by atoms with Crippen molar-refractivity contribution in [1.82, 2.24) is 13.9 Å². The van der Waals surface area contributed by atoms with Gasteiger partial charge in [0.1, 0.15) is 18.2 Å². The van der Waals surface area contributed by atoms with E-state index in [1.54, 1.807) is 41.6 Å². The van der Waals surface area contributed by atoms with Gasteiger partial charge in [0, 0.05) is 25.7 Å². The molecule has 0 radical (unpaired) electrons. The third-order valence-corrected chi connectivity index (χ3v) is 7.77. The zero-order chi connectivity index (χ0) is 22.9. The fourth-order valence-corrected chi connectivity index (χ4v) is 5.67. The Morgan fingerprint density at radius 1 is 1.16 bits per heavy atom. The van der Waals surface area contributed by atoms with Gasteiger partial charge >= 0.3 is 0 Å². The molecule has 32 heavy (non-hydrogen) atoms. The predicted molar refractivity (Wildman–Crippen MR) is 120 cm³/mol. The van der Waals surface area contributed by atoms with Gasteiger partial charge < -0.3 is 9.30 Å². The number of hydrogen-bond acceptors (Lipinski definition) is 6. The summed E-state index contributed by atoms with van der Waals surface area (Å²) in [6.07, 6.45) is 2.81. The highest BCUT2D eigenvalue weighted by Gasteiger charge is 2.26. The summed E-state index contributed by atoms with van der Waals surface area (Å²) in [5.74, 6) is 1.04. The van der Waals surface area contributed by atoms with E-state index < -0.39 is 14.9 Å². The van der Waals surface area contributed by atoms with Gasteiger partial charge in [-0.25, -0.2) is 13.4 Å². The lowest BCUT2D eigenvalue weighted by Crippen LogP contribution is -2.35. The molecule has 0 unspecified atom stereocenters. The number of rotatable bonds is 7. The van der Waals surface area contributed by atoms with Crippen molar-refractivity contribution in [3.63, 3.8) is 0 Å². The number of sulfonamides is 1.